The number of aliphatic hydroxyl groups is 1. The van der Waals surface area contributed by atoms with Crippen molar-refractivity contribution in [2.24, 2.45) is 0 Å². The van der Waals surface area contributed by atoms with E-state index in [1.165, 1.54) is 30.0 Å². The van der Waals surface area contributed by atoms with Crippen LogP contribution in [-0.4, -0.2) is 41.2 Å². The molecule has 21 heavy (non-hydrogen) atoms. The zero-order valence-electron chi connectivity index (χ0n) is 11.5. The lowest BCUT2D eigenvalue weighted by Crippen LogP contribution is -2.48. The summed E-state index contributed by atoms with van der Waals surface area (Å²) in [6.45, 7) is 0.971. The van der Waals surface area contributed by atoms with Crippen LogP contribution >= 0.6 is 0 Å². The van der Waals surface area contributed by atoms with Gasteiger partial charge in [0.05, 0.1) is 25.0 Å². The van der Waals surface area contributed by atoms with Crippen molar-refractivity contribution < 1.29 is 24.4 Å². The number of non-ortho nitro benzene ring substituents is 1. The molecule has 1 aromatic carbocycles. The second kappa shape index (κ2) is 5.13. The highest BCUT2D eigenvalue weighted by Gasteiger charge is 2.39. The number of esters is 1. The number of benzene rings is 1. The normalized spacial score (nSPS) is 16.3. The summed E-state index contributed by atoms with van der Waals surface area (Å²) in [5.41, 5.74) is -1.01. The molecule has 0 aromatic heterocycles. The van der Waals surface area contributed by atoms with Gasteiger partial charge in [-0.3, -0.25) is 14.9 Å². The van der Waals surface area contributed by atoms with E-state index in [1.54, 1.807) is 0 Å². The topological polar surface area (TPSA) is 110 Å². The van der Waals surface area contributed by atoms with Crippen LogP contribution in [0.4, 0.5) is 11.4 Å². The maximum Gasteiger partial charge on any atom is 0.339 e. The van der Waals surface area contributed by atoms with Crippen LogP contribution in [0.15, 0.2) is 18.2 Å². The van der Waals surface area contributed by atoms with Gasteiger partial charge < -0.3 is 14.7 Å². The number of nitro groups is 1. The number of rotatable bonds is 4. The van der Waals surface area contributed by atoms with Gasteiger partial charge in [-0.15, -0.1) is 0 Å². The number of amides is 1. The third kappa shape index (κ3) is 2.70. The standard InChI is InChI=1S/C13H14N2O6/c1-13(18,12(17)21-2)7-14-10-4-3-9(15(19)20)5-8(10)6-11(14)16/h3-5,18H,6-7H2,1-2H3. The Kier molecular flexibility index (Phi) is 3.65. The Morgan fingerprint density at radius 3 is 2.81 bits per heavy atom. The van der Waals surface area contributed by atoms with Crippen molar-refractivity contribution in [1.82, 2.24) is 0 Å². The fourth-order valence-electron chi connectivity index (χ4n) is 2.25. The Morgan fingerprint density at radius 2 is 2.24 bits per heavy atom. The fraction of sp³-hybridized carbons (Fsp3) is 0.385. The summed E-state index contributed by atoms with van der Waals surface area (Å²) >= 11 is 0. The van der Waals surface area contributed by atoms with E-state index < -0.39 is 16.5 Å². The number of carbonyl (C=O) groups is 2. The first-order valence-electron chi connectivity index (χ1n) is 6.15. The lowest BCUT2D eigenvalue weighted by molar-refractivity contribution is -0.384. The Hall–Kier alpha value is -2.48. The van der Waals surface area contributed by atoms with Crippen LogP contribution < -0.4 is 4.90 Å². The Morgan fingerprint density at radius 1 is 1.57 bits per heavy atom. The minimum absolute atomic E-state index is 0.00569. The molecule has 1 unspecified atom stereocenters. The van der Waals surface area contributed by atoms with Gasteiger partial charge in [-0.05, 0) is 18.6 Å². The molecule has 1 heterocycles. The predicted octanol–water partition coefficient (Wildman–Crippen LogP) is 0.408. The summed E-state index contributed by atoms with van der Waals surface area (Å²) in [7, 11) is 1.14. The summed E-state index contributed by atoms with van der Waals surface area (Å²) in [4.78, 5) is 34.9. The molecule has 0 bridgehead atoms. The van der Waals surface area contributed by atoms with Gasteiger partial charge in [0.1, 0.15) is 0 Å². The number of nitro benzene ring substituents is 1. The average molecular weight is 294 g/mol. The summed E-state index contributed by atoms with van der Waals surface area (Å²) < 4.78 is 4.48. The summed E-state index contributed by atoms with van der Waals surface area (Å²) in [5, 5.41) is 20.8. The van der Waals surface area contributed by atoms with Crippen LogP contribution in [0.5, 0.6) is 0 Å². The van der Waals surface area contributed by atoms with E-state index in [-0.39, 0.29) is 24.6 Å². The fourth-order valence-corrected chi connectivity index (χ4v) is 2.25. The molecular weight excluding hydrogens is 280 g/mol. The van der Waals surface area contributed by atoms with E-state index in [0.717, 1.165) is 7.11 Å². The van der Waals surface area contributed by atoms with Crippen molar-refractivity contribution in [2.45, 2.75) is 18.9 Å². The molecule has 1 aliphatic heterocycles. The monoisotopic (exact) mass is 294 g/mol. The number of β-amino-alcohol motifs (C(OH)–C–C–N with tert-alkyl or cyclic N) is 1. The second-order valence-electron chi connectivity index (χ2n) is 4.99. The lowest BCUT2D eigenvalue weighted by Gasteiger charge is -2.27. The molecule has 1 N–H and O–H groups in total. The van der Waals surface area contributed by atoms with Crippen molar-refractivity contribution in [2.75, 3.05) is 18.6 Å². The Labute approximate surface area is 120 Å². The van der Waals surface area contributed by atoms with E-state index >= 15 is 0 Å². The molecule has 2 rings (SSSR count). The summed E-state index contributed by atoms with van der Waals surface area (Å²) in [6, 6.07) is 4.03. The van der Waals surface area contributed by atoms with Crippen molar-refractivity contribution in [1.29, 1.82) is 0 Å². The second-order valence-corrected chi connectivity index (χ2v) is 4.99. The van der Waals surface area contributed by atoms with Crippen LogP contribution in [0.3, 0.4) is 0 Å². The van der Waals surface area contributed by atoms with Crippen molar-refractivity contribution in [3.8, 4) is 0 Å². The van der Waals surface area contributed by atoms with Gasteiger partial charge in [0.15, 0.2) is 5.60 Å². The van der Waals surface area contributed by atoms with Crippen LogP contribution in [0.25, 0.3) is 0 Å². The molecule has 0 radical (unpaired) electrons. The minimum Gasteiger partial charge on any atom is -0.467 e. The molecule has 0 fully saturated rings. The highest BCUT2D eigenvalue weighted by molar-refractivity contribution is 6.02. The SMILES string of the molecule is COC(=O)C(C)(O)CN1C(=O)Cc2cc([N+](=O)[O-])ccc21. The van der Waals surface area contributed by atoms with E-state index in [1.807, 2.05) is 0 Å². The number of ether oxygens (including phenoxy) is 1. The molecule has 8 nitrogen and oxygen atoms in total. The molecule has 0 spiro atoms. The highest BCUT2D eigenvalue weighted by Crippen LogP contribution is 2.33. The third-order valence-corrected chi connectivity index (χ3v) is 3.30. The van der Waals surface area contributed by atoms with Crippen LogP contribution in [0, 0.1) is 10.1 Å². The van der Waals surface area contributed by atoms with E-state index in [4.69, 9.17) is 0 Å². The van der Waals surface area contributed by atoms with Crippen LogP contribution in [0.2, 0.25) is 0 Å². The van der Waals surface area contributed by atoms with Crippen molar-refractivity contribution in [3.05, 3.63) is 33.9 Å². The average Bonchev–Trinajstić information content (AvgIpc) is 2.72. The van der Waals surface area contributed by atoms with E-state index in [2.05, 4.69) is 4.74 Å². The van der Waals surface area contributed by atoms with Gasteiger partial charge in [0, 0.05) is 17.8 Å². The largest absolute Gasteiger partial charge is 0.467 e. The van der Waals surface area contributed by atoms with Gasteiger partial charge >= 0.3 is 5.97 Å². The predicted molar refractivity (Wildman–Crippen MR) is 71.8 cm³/mol. The highest BCUT2D eigenvalue weighted by atomic mass is 16.6. The van der Waals surface area contributed by atoms with Gasteiger partial charge in [0.25, 0.3) is 5.69 Å². The Bertz CT molecular complexity index is 625. The molecule has 1 amide bonds. The summed E-state index contributed by atoms with van der Waals surface area (Å²) in [6.07, 6.45) is -0.00569. The number of anilines is 1. The molecule has 0 aliphatic carbocycles. The molecule has 0 saturated heterocycles. The minimum atomic E-state index is -1.85. The molecular formula is C13H14N2O6. The molecule has 8 heteroatoms. The van der Waals surface area contributed by atoms with Gasteiger partial charge in [-0.25, -0.2) is 4.79 Å². The summed E-state index contributed by atoms with van der Waals surface area (Å²) in [5.74, 6) is -1.19. The molecule has 0 saturated carbocycles. The number of methoxy groups -OCH3 is 1. The van der Waals surface area contributed by atoms with Crippen LogP contribution in [0.1, 0.15) is 12.5 Å². The number of nitrogens with zero attached hydrogens (tertiary/aromatic N) is 2. The quantitative estimate of drug-likeness (QED) is 0.489. The first-order chi connectivity index (χ1) is 9.76. The van der Waals surface area contributed by atoms with Gasteiger partial charge in [-0.2, -0.15) is 0 Å². The number of fused-ring (bicyclic) bond motifs is 1. The smallest absolute Gasteiger partial charge is 0.339 e. The molecule has 112 valence electrons. The van der Waals surface area contributed by atoms with Crippen molar-refractivity contribution in [3.63, 3.8) is 0 Å². The maximum absolute atomic E-state index is 12.0. The number of carbonyl (C=O) groups excluding carboxylic acids is 2. The van der Waals surface area contributed by atoms with Crippen molar-refractivity contribution >= 4 is 23.3 Å². The van der Waals surface area contributed by atoms with E-state index in [0.29, 0.717) is 11.3 Å². The van der Waals surface area contributed by atoms with E-state index in [9.17, 15) is 24.8 Å². The lowest BCUT2D eigenvalue weighted by atomic mass is 10.1. The first-order valence-corrected chi connectivity index (χ1v) is 6.15. The third-order valence-electron chi connectivity index (χ3n) is 3.30. The zero-order valence-corrected chi connectivity index (χ0v) is 11.5. The Balaban J connectivity index is 2.31. The van der Waals surface area contributed by atoms with Crippen LogP contribution in [-0.2, 0) is 20.7 Å². The van der Waals surface area contributed by atoms with Gasteiger partial charge in [-0.1, -0.05) is 0 Å². The number of hydrogen-bond donors (Lipinski definition) is 1. The number of hydrogen-bond acceptors (Lipinski definition) is 6. The molecule has 1 aliphatic rings. The molecule has 1 aromatic rings. The maximum atomic E-state index is 12.0. The molecule has 1 atom stereocenters. The van der Waals surface area contributed by atoms with Gasteiger partial charge in [0.2, 0.25) is 5.91 Å². The zero-order chi connectivity index (χ0) is 15.8. The first kappa shape index (κ1) is 14.9.